The second kappa shape index (κ2) is 7.47. The van der Waals surface area contributed by atoms with Gasteiger partial charge in [-0.1, -0.05) is 44.4 Å². The molecule has 3 rings (SSSR count). The Morgan fingerprint density at radius 1 is 1.08 bits per heavy atom. The third-order valence-corrected chi connectivity index (χ3v) is 4.22. The number of aryl methyl sites for hydroxylation is 1. The first-order valence-electron chi connectivity index (χ1n) is 8.55. The van der Waals surface area contributed by atoms with Gasteiger partial charge in [0.2, 0.25) is 0 Å². The minimum absolute atomic E-state index is 0.301. The molecule has 4 heteroatoms. The van der Waals surface area contributed by atoms with E-state index in [9.17, 15) is 4.39 Å². The lowest BCUT2D eigenvalue weighted by molar-refractivity contribution is 0.303. The fraction of sp³-hybridized carbons (Fsp3) is 0.350. The molecule has 0 aliphatic heterocycles. The number of unbranched alkanes of at least 4 members (excludes halogenated alkanes) is 3. The molecule has 0 atom stereocenters. The van der Waals surface area contributed by atoms with Gasteiger partial charge in [0.05, 0.1) is 12.1 Å². The summed E-state index contributed by atoms with van der Waals surface area (Å²) in [6.45, 7) is 2.81. The van der Waals surface area contributed by atoms with E-state index in [1.807, 2.05) is 37.4 Å². The molecule has 0 saturated heterocycles. The van der Waals surface area contributed by atoms with Crippen molar-refractivity contribution >= 4 is 10.9 Å². The second-order valence-electron chi connectivity index (χ2n) is 6.04. The molecule has 24 heavy (non-hydrogen) atoms. The van der Waals surface area contributed by atoms with E-state index in [1.165, 1.54) is 18.9 Å². The highest BCUT2D eigenvalue weighted by molar-refractivity contribution is 5.93. The highest BCUT2D eigenvalue weighted by Gasteiger charge is 2.14. The second-order valence-corrected chi connectivity index (χ2v) is 6.04. The van der Waals surface area contributed by atoms with Gasteiger partial charge in [0, 0.05) is 24.1 Å². The van der Waals surface area contributed by atoms with Crippen LogP contribution in [0.25, 0.3) is 22.2 Å². The molecule has 126 valence electrons. The number of hydrogen-bond donors (Lipinski definition) is 0. The first-order valence-corrected chi connectivity index (χ1v) is 8.55. The first-order chi connectivity index (χ1) is 11.7. The van der Waals surface area contributed by atoms with Crippen molar-refractivity contribution in [3.63, 3.8) is 0 Å². The summed E-state index contributed by atoms with van der Waals surface area (Å²) in [5, 5.41) is 5.43. The van der Waals surface area contributed by atoms with Crippen molar-refractivity contribution in [3.05, 3.63) is 48.3 Å². The molecule has 0 aliphatic rings. The Balaban J connectivity index is 1.79. The van der Waals surface area contributed by atoms with Crippen molar-refractivity contribution in [1.29, 1.82) is 0 Å². The lowest BCUT2D eigenvalue weighted by Crippen LogP contribution is -1.98. The van der Waals surface area contributed by atoms with E-state index in [4.69, 9.17) is 4.74 Å². The van der Waals surface area contributed by atoms with Crippen LogP contribution in [-0.4, -0.2) is 16.4 Å². The summed E-state index contributed by atoms with van der Waals surface area (Å²) in [6.07, 6.45) is 4.56. The first kappa shape index (κ1) is 16.5. The maximum atomic E-state index is 14.6. The molecule has 2 aromatic carbocycles. The molecular formula is C20H23FN2O. The molecule has 0 N–H and O–H groups in total. The summed E-state index contributed by atoms with van der Waals surface area (Å²) in [5.74, 6) is 0.276. The number of aromatic nitrogens is 2. The van der Waals surface area contributed by atoms with Crippen LogP contribution in [0.15, 0.2) is 42.5 Å². The van der Waals surface area contributed by atoms with Crippen molar-refractivity contribution in [2.24, 2.45) is 7.05 Å². The highest BCUT2D eigenvalue weighted by Crippen LogP contribution is 2.31. The number of ether oxygens (including phenoxy) is 1. The lowest BCUT2D eigenvalue weighted by Gasteiger charge is -2.08. The molecule has 3 nitrogen and oxygen atoms in total. The third kappa shape index (κ3) is 3.42. The Bertz CT molecular complexity index is 826. The van der Waals surface area contributed by atoms with Crippen LogP contribution in [0.4, 0.5) is 4.39 Å². The summed E-state index contributed by atoms with van der Waals surface area (Å²) in [4.78, 5) is 0. The molecule has 0 aliphatic carbocycles. The average molecular weight is 326 g/mol. The van der Waals surface area contributed by atoms with Crippen LogP contribution >= 0.6 is 0 Å². The van der Waals surface area contributed by atoms with E-state index in [1.54, 1.807) is 10.7 Å². The number of fused-ring (bicyclic) bond motifs is 1. The lowest BCUT2D eigenvalue weighted by atomic mass is 10.1. The van der Waals surface area contributed by atoms with Crippen LogP contribution < -0.4 is 4.74 Å². The van der Waals surface area contributed by atoms with E-state index in [-0.39, 0.29) is 5.82 Å². The van der Waals surface area contributed by atoms with Crippen molar-refractivity contribution in [1.82, 2.24) is 9.78 Å². The van der Waals surface area contributed by atoms with Gasteiger partial charge in [-0.2, -0.15) is 5.10 Å². The van der Waals surface area contributed by atoms with E-state index < -0.39 is 0 Å². The minimum Gasteiger partial charge on any atom is -0.493 e. The minimum atomic E-state index is -0.301. The molecule has 0 saturated carbocycles. The van der Waals surface area contributed by atoms with E-state index in [0.29, 0.717) is 23.6 Å². The van der Waals surface area contributed by atoms with Crippen molar-refractivity contribution in [2.75, 3.05) is 6.61 Å². The van der Waals surface area contributed by atoms with Gasteiger partial charge in [0.1, 0.15) is 17.3 Å². The molecule has 0 radical (unpaired) electrons. The zero-order valence-corrected chi connectivity index (χ0v) is 14.3. The number of rotatable bonds is 7. The third-order valence-electron chi connectivity index (χ3n) is 4.22. The predicted octanol–water partition coefficient (Wildman–Crippen LogP) is 5.34. The number of para-hydroxylation sites is 1. The largest absolute Gasteiger partial charge is 0.493 e. The highest BCUT2D eigenvalue weighted by atomic mass is 19.1. The Morgan fingerprint density at radius 2 is 1.92 bits per heavy atom. The van der Waals surface area contributed by atoms with Crippen LogP contribution in [0, 0.1) is 5.82 Å². The zero-order chi connectivity index (χ0) is 16.9. The summed E-state index contributed by atoms with van der Waals surface area (Å²) in [6, 6.07) is 12.9. The summed E-state index contributed by atoms with van der Waals surface area (Å²) >= 11 is 0. The number of halogens is 1. The predicted molar refractivity (Wildman–Crippen MR) is 95.7 cm³/mol. The maximum absolute atomic E-state index is 14.6. The molecule has 1 heterocycles. The molecule has 0 bridgehead atoms. The monoisotopic (exact) mass is 326 g/mol. The van der Waals surface area contributed by atoms with Crippen LogP contribution in [0.1, 0.15) is 32.6 Å². The van der Waals surface area contributed by atoms with Crippen LogP contribution in [0.3, 0.4) is 0 Å². The van der Waals surface area contributed by atoms with Gasteiger partial charge in [0.15, 0.2) is 0 Å². The topological polar surface area (TPSA) is 27.1 Å². The molecule has 1 aromatic heterocycles. The molecule has 0 unspecified atom stereocenters. The number of benzene rings is 2. The number of nitrogens with zero attached hydrogens (tertiary/aromatic N) is 2. The van der Waals surface area contributed by atoms with Gasteiger partial charge >= 0.3 is 0 Å². The SMILES string of the molecule is CCCCCCOc1ccc(-c2nn(C)c3ccccc23)c(F)c1. The quantitative estimate of drug-likeness (QED) is 0.548. The average Bonchev–Trinajstić information content (AvgIpc) is 2.92. The summed E-state index contributed by atoms with van der Waals surface area (Å²) in [7, 11) is 1.87. The van der Waals surface area contributed by atoms with Gasteiger partial charge in [0.25, 0.3) is 0 Å². The Morgan fingerprint density at radius 3 is 2.71 bits per heavy atom. The van der Waals surface area contributed by atoms with Gasteiger partial charge in [-0.3, -0.25) is 4.68 Å². The normalized spacial score (nSPS) is 11.1. The summed E-state index contributed by atoms with van der Waals surface area (Å²) in [5.41, 5.74) is 2.16. The Hall–Kier alpha value is -2.36. The van der Waals surface area contributed by atoms with Crippen molar-refractivity contribution in [2.45, 2.75) is 32.6 Å². The zero-order valence-electron chi connectivity index (χ0n) is 14.3. The summed E-state index contributed by atoms with van der Waals surface area (Å²) < 4.78 is 22.0. The van der Waals surface area contributed by atoms with Crippen LogP contribution in [-0.2, 0) is 7.05 Å². The Kier molecular flexibility index (Phi) is 5.14. The van der Waals surface area contributed by atoms with Gasteiger partial charge < -0.3 is 4.74 Å². The molecular weight excluding hydrogens is 303 g/mol. The molecule has 0 fully saturated rings. The van der Waals surface area contributed by atoms with Crippen molar-refractivity contribution in [3.8, 4) is 17.0 Å². The van der Waals surface area contributed by atoms with E-state index >= 15 is 0 Å². The smallest absolute Gasteiger partial charge is 0.136 e. The Labute approximate surface area is 142 Å². The maximum Gasteiger partial charge on any atom is 0.136 e. The standard InChI is InChI=1S/C20H23FN2O/c1-3-4-5-8-13-24-15-11-12-16(18(21)14-15)20-17-9-6-7-10-19(17)23(2)22-20/h6-7,9-12,14H,3-5,8,13H2,1-2H3. The van der Waals surface area contributed by atoms with Crippen LogP contribution in [0.2, 0.25) is 0 Å². The molecule has 0 amide bonds. The van der Waals surface area contributed by atoms with Gasteiger partial charge in [-0.15, -0.1) is 0 Å². The molecule has 0 spiro atoms. The van der Waals surface area contributed by atoms with E-state index in [2.05, 4.69) is 12.0 Å². The van der Waals surface area contributed by atoms with Gasteiger partial charge in [-0.05, 0) is 24.6 Å². The van der Waals surface area contributed by atoms with Crippen LogP contribution in [0.5, 0.6) is 5.75 Å². The van der Waals surface area contributed by atoms with Crippen molar-refractivity contribution < 1.29 is 9.13 Å². The molecule has 3 aromatic rings. The fourth-order valence-corrected chi connectivity index (χ4v) is 2.91. The fourth-order valence-electron chi connectivity index (χ4n) is 2.91. The van der Waals surface area contributed by atoms with E-state index in [0.717, 1.165) is 23.7 Å². The van der Waals surface area contributed by atoms with Gasteiger partial charge in [-0.25, -0.2) is 4.39 Å². The number of hydrogen-bond acceptors (Lipinski definition) is 2.